The summed E-state index contributed by atoms with van der Waals surface area (Å²) in [7, 11) is -2.22. The highest BCUT2D eigenvalue weighted by Crippen LogP contribution is 2.23. The van der Waals surface area contributed by atoms with Gasteiger partial charge in [-0.1, -0.05) is 12.1 Å². The van der Waals surface area contributed by atoms with Crippen molar-refractivity contribution in [2.24, 2.45) is 0 Å². The molecule has 0 radical (unpaired) electrons. The van der Waals surface area contributed by atoms with Crippen molar-refractivity contribution in [1.82, 2.24) is 0 Å². The van der Waals surface area contributed by atoms with Gasteiger partial charge in [-0.2, -0.15) is 0 Å². The molecule has 1 amide bonds. The molecule has 2 aromatic carbocycles. The van der Waals surface area contributed by atoms with Gasteiger partial charge in [0.15, 0.2) is 0 Å². The maximum atomic E-state index is 14.0. The lowest BCUT2D eigenvalue weighted by atomic mass is 10.2. The predicted molar refractivity (Wildman–Crippen MR) is 104 cm³/mol. The average Bonchev–Trinajstić information content (AvgIpc) is 2.59. The number of rotatable bonds is 9. The van der Waals surface area contributed by atoms with Gasteiger partial charge in [0.1, 0.15) is 11.6 Å². The van der Waals surface area contributed by atoms with E-state index in [-0.39, 0.29) is 31.0 Å². The van der Waals surface area contributed by atoms with Gasteiger partial charge >= 0.3 is 0 Å². The third-order valence-corrected chi connectivity index (χ3v) is 5.05. The molecule has 0 heterocycles. The minimum Gasteiger partial charge on any atom is -0.380 e. The quantitative estimate of drug-likeness (QED) is 0.686. The largest absolute Gasteiger partial charge is 0.380 e. The fraction of sp³-hybridized carbons (Fsp3) is 0.316. The van der Waals surface area contributed by atoms with Crippen LogP contribution in [0.25, 0.3) is 0 Å². The van der Waals surface area contributed by atoms with Crippen molar-refractivity contribution in [3.63, 3.8) is 0 Å². The normalized spacial score (nSPS) is 11.3. The van der Waals surface area contributed by atoms with Crippen LogP contribution in [0.1, 0.15) is 18.4 Å². The Morgan fingerprint density at radius 2 is 1.93 bits per heavy atom. The Bertz CT molecular complexity index is 935. The van der Waals surface area contributed by atoms with Crippen LogP contribution in [-0.2, 0) is 26.2 Å². The van der Waals surface area contributed by atoms with E-state index in [1.54, 1.807) is 25.3 Å². The summed E-state index contributed by atoms with van der Waals surface area (Å²) in [6.45, 7) is 0.300. The molecule has 0 spiro atoms. The molecule has 1 N–H and O–H groups in total. The molecule has 9 heteroatoms. The Labute approximate surface area is 163 Å². The molecule has 2 aromatic rings. The second kappa shape index (κ2) is 9.61. The molecule has 0 atom stereocenters. The van der Waals surface area contributed by atoms with Crippen LogP contribution in [-0.4, -0.2) is 34.2 Å². The molecule has 0 aliphatic heterocycles. The summed E-state index contributed by atoms with van der Waals surface area (Å²) in [5, 5.41) is 2.73. The van der Waals surface area contributed by atoms with E-state index in [0.717, 1.165) is 28.3 Å². The monoisotopic (exact) mass is 412 g/mol. The molecule has 0 saturated heterocycles. The minimum absolute atomic E-state index is 0.0311. The van der Waals surface area contributed by atoms with Gasteiger partial charge in [0.25, 0.3) is 0 Å². The van der Waals surface area contributed by atoms with E-state index >= 15 is 0 Å². The lowest BCUT2D eigenvalue weighted by Gasteiger charge is -2.22. The zero-order valence-corrected chi connectivity index (χ0v) is 16.4. The molecule has 6 nitrogen and oxygen atoms in total. The number of nitrogens with one attached hydrogen (secondary N) is 1. The number of sulfonamides is 1. The number of ether oxygens (including phenoxy) is 1. The highest BCUT2D eigenvalue weighted by atomic mass is 32.2. The van der Waals surface area contributed by atoms with Crippen LogP contribution in [0.3, 0.4) is 0 Å². The first kappa shape index (κ1) is 21.8. The Balaban J connectivity index is 1.98. The highest BCUT2D eigenvalue weighted by molar-refractivity contribution is 7.92. The van der Waals surface area contributed by atoms with E-state index in [1.807, 2.05) is 6.07 Å². The van der Waals surface area contributed by atoms with E-state index < -0.39 is 21.7 Å². The lowest BCUT2D eigenvalue weighted by Crippen LogP contribution is -2.32. The van der Waals surface area contributed by atoms with Gasteiger partial charge in [-0.15, -0.1) is 0 Å². The second-order valence-electron chi connectivity index (χ2n) is 6.22. The maximum absolute atomic E-state index is 14.0. The smallest absolute Gasteiger partial charge is 0.232 e. The van der Waals surface area contributed by atoms with Crippen molar-refractivity contribution in [2.75, 3.05) is 29.5 Å². The Hall–Kier alpha value is -2.52. The molecular weight excluding hydrogens is 390 g/mol. The molecule has 152 valence electrons. The first-order chi connectivity index (χ1) is 13.2. The summed E-state index contributed by atoms with van der Waals surface area (Å²) in [6.07, 6.45) is 1.12. The molecule has 0 aromatic heterocycles. The van der Waals surface area contributed by atoms with Crippen molar-refractivity contribution in [2.45, 2.75) is 19.4 Å². The molecule has 0 aliphatic rings. The van der Waals surface area contributed by atoms with Crippen molar-refractivity contribution in [3.05, 3.63) is 59.7 Å². The van der Waals surface area contributed by atoms with Gasteiger partial charge in [0, 0.05) is 31.8 Å². The van der Waals surface area contributed by atoms with E-state index in [1.165, 1.54) is 0 Å². The number of anilines is 2. The van der Waals surface area contributed by atoms with Crippen LogP contribution in [0, 0.1) is 11.6 Å². The van der Waals surface area contributed by atoms with Crippen LogP contribution in [0.15, 0.2) is 42.5 Å². The summed E-state index contributed by atoms with van der Waals surface area (Å²) in [6, 6.07) is 9.82. The van der Waals surface area contributed by atoms with Crippen molar-refractivity contribution in [1.29, 1.82) is 0 Å². The van der Waals surface area contributed by atoms with Crippen LogP contribution in [0.5, 0.6) is 0 Å². The number of benzene rings is 2. The minimum atomic E-state index is -3.80. The summed E-state index contributed by atoms with van der Waals surface area (Å²) >= 11 is 0. The van der Waals surface area contributed by atoms with Gasteiger partial charge < -0.3 is 10.1 Å². The number of amides is 1. The lowest BCUT2D eigenvalue weighted by molar-refractivity contribution is -0.116. The number of hydrogen-bond donors (Lipinski definition) is 1. The standard InChI is InChI=1S/C19H22F2N2O4S/c1-27-13-14-5-3-6-16(11-14)22-19(24)7-4-10-23(28(2,25)26)18-9-8-15(20)12-17(18)21/h3,5-6,8-9,11-12H,4,7,10,13H2,1-2H3,(H,22,24). The summed E-state index contributed by atoms with van der Waals surface area (Å²) < 4.78 is 56.9. The Morgan fingerprint density at radius 3 is 2.57 bits per heavy atom. The van der Waals surface area contributed by atoms with Crippen LogP contribution in [0.2, 0.25) is 0 Å². The molecule has 0 fully saturated rings. The van der Waals surface area contributed by atoms with Crippen LogP contribution >= 0.6 is 0 Å². The molecular formula is C19H22F2N2O4S. The third kappa shape index (κ3) is 6.28. The number of halogens is 2. The van der Waals surface area contributed by atoms with E-state index in [0.29, 0.717) is 18.4 Å². The van der Waals surface area contributed by atoms with Gasteiger partial charge in [-0.05, 0) is 36.2 Å². The second-order valence-corrected chi connectivity index (χ2v) is 8.12. The number of carbonyl (C=O) groups excluding carboxylic acids is 1. The van der Waals surface area contributed by atoms with Crippen LogP contribution < -0.4 is 9.62 Å². The molecule has 0 saturated carbocycles. The van der Waals surface area contributed by atoms with E-state index in [4.69, 9.17) is 4.74 Å². The van der Waals surface area contributed by atoms with Gasteiger partial charge in [-0.3, -0.25) is 9.10 Å². The van der Waals surface area contributed by atoms with Crippen LogP contribution in [0.4, 0.5) is 20.2 Å². The van der Waals surface area contributed by atoms with Gasteiger partial charge in [0.05, 0.1) is 18.6 Å². The predicted octanol–water partition coefficient (Wildman–Crippen LogP) is 3.30. The number of carbonyl (C=O) groups is 1. The number of nitrogens with zero attached hydrogens (tertiary/aromatic N) is 1. The average molecular weight is 412 g/mol. The number of hydrogen-bond acceptors (Lipinski definition) is 4. The van der Waals surface area contributed by atoms with E-state index in [9.17, 15) is 22.0 Å². The number of methoxy groups -OCH3 is 1. The fourth-order valence-corrected chi connectivity index (χ4v) is 3.63. The van der Waals surface area contributed by atoms with Gasteiger partial charge in [-0.25, -0.2) is 17.2 Å². The maximum Gasteiger partial charge on any atom is 0.232 e. The Morgan fingerprint density at radius 1 is 1.18 bits per heavy atom. The van der Waals surface area contributed by atoms with E-state index in [2.05, 4.69) is 5.32 Å². The first-order valence-corrected chi connectivity index (χ1v) is 10.4. The first-order valence-electron chi connectivity index (χ1n) is 8.51. The Kier molecular flexibility index (Phi) is 7.47. The summed E-state index contributed by atoms with van der Waals surface area (Å²) in [5.74, 6) is -2.09. The molecule has 0 unspecified atom stereocenters. The van der Waals surface area contributed by atoms with Crippen molar-refractivity contribution in [3.8, 4) is 0 Å². The molecule has 28 heavy (non-hydrogen) atoms. The zero-order chi connectivity index (χ0) is 20.7. The fourth-order valence-electron chi connectivity index (χ4n) is 2.66. The summed E-state index contributed by atoms with van der Waals surface area (Å²) in [4.78, 5) is 12.1. The molecule has 0 aliphatic carbocycles. The zero-order valence-electron chi connectivity index (χ0n) is 15.6. The van der Waals surface area contributed by atoms with Crippen molar-refractivity contribution < 1.29 is 26.7 Å². The highest BCUT2D eigenvalue weighted by Gasteiger charge is 2.21. The topological polar surface area (TPSA) is 75.7 Å². The molecule has 0 bridgehead atoms. The summed E-state index contributed by atoms with van der Waals surface area (Å²) in [5.41, 5.74) is 1.25. The SMILES string of the molecule is COCc1cccc(NC(=O)CCCN(c2ccc(F)cc2F)S(C)(=O)=O)c1. The molecule has 2 rings (SSSR count). The third-order valence-electron chi connectivity index (χ3n) is 3.87. The van der Waals surface area contributed by atoms with Crippen molar-refractivity contribution >= 4 is 27.3 Å². The van der Waals surface area contributed by atoms with Gasteiger partial charge in [0.2, 0.25) is 15.9 Å².